The third-order valence-electron chi connectivity index (χ3n) is 3.85. The van der Waals surface area contributed by atoms with E-state index in [4.69, 9.17) is 19.1 Å². The van der Waals surface area contributed by atoms with Crippen molar-refractivity contribution in [2.24, 2.45) is 0 Å². The van der Waals surface area contributed by atoms with E-state index in [-0.39, 0.29) is 31.3 Å². The Labute approximate surface area is 130 Å². The van der Waals surface area contributed by atoms with Crippen molar-refractivity contribution in [1.29, 1.82) is 0 Å². The molecule has 0 aromatic carbocycles. The van der Waals surface area contributed by atoms with Crippen LogP contribution < -0.4 is 5.32 Å². The molecule has 2 heterocycles. The van der Waals surface area contributed by atoms with Gasteiger partial charge in [0.25, 0.3) is 0 Å². The molecule has 1 saturated heterocycles. The minimum Gasteiger partial charge on any atom is -0.394 e. The van der Waals surface area contributed by atoms with Crippen molar-refractivity contribution < 1.29 is 23.9 Å². The Morgan fingerprint density at radius 3 is 3.00 bits per heavy atom. The molecule has 7 nitrogen and oxygen atoms in total. The molecule has 0 saturated carbocycles. The van der Waals surface area contributed by atoms with E-state index >= 15 is 0 Å². The summed E-state index contributed by atoms with van der Waals surface area (Å²) >= 11 is 0. The number of aliphatic hydroxyl groups is 1. The van der Waals surface area contributed by atoms with E-state index < -0.39 is 0 Å². The molecular formula is C15H24N2O5. The molecular weight excluding hydrogens is 288 g/mol. The summed E-state index contributed by atoms with van der Waals surface area (Å²) in [6.07, 6.45) is 1.58. The number of hydrogen-bond acceptors (Lipinski definition) is 6. The standard InChI is InChI=1S/C15H24N2O5/c1-10-12(11(2)22-17-10)3-4-15(19)16-13-9-20-7-5-14(13)21-8-6-18/h13-14,18H,3-9H2,1-2H3,(H,16,19)/t13-,14+/m1/s1. The van der Waals surface area contributed by atoms with E-state index in [9.17, 15) is 4.79 Å². The van der Waals surface area contributed by atoms with E-state index in [1.54, 1.807) is 0 Å². The van der Waals surface area contributed by atoms with Crippen LogP contribution in [-0.2, 0) is 20.7 Å². The Balaban J connectivity index is 1.82. The second-order valence-corrected chi connectivity index (χ2v) is 5.47. The van der Waals surface area contributed by atoms with E-state index in [1.165, 1.54) is 0 Å². The molecule has 1 aromatic heterocycles. The number of aromatic nitrogens is 1. The van der Waals surface area contributed by atoms with Gasteiger partial charge in [0, 0.05) is 18.6 Å². The molecule has 0 aliphatic carbocycles. The number of nitrogens with zero attached hydrogens (tertiary/aromatic N) is 1. The minimum atomic E-state index is -0.169. The first-order chi connectivity index (χ1) is 10.6. The summed E-state index contributed by atoms with van der Waals surface area (Å²) in [6.45, 7) is 5.02. The molecule has 1 fully saturated rings. The van der Waals surface area contributed by atoms with Crippen molar-refractivity contribution in [2.45, 2.75) is 45.3 Å². The molecule has 7 heteroatoms. The van der Waals surface area contributed by atoms with Gasteiger partial charge in [-0.25, -0.2) is 0 Å². The fourth-order valence-electron chi connectivity index (χ4n) is 2.63. The number of carbonyl (C=O) groups is 1. The van der Waals surface area contributed by atoms with Gasteiger partial charge in [0.15, 0.2) is 0 Å². The summed E-state index contributed by atoms with van der Waals surface area (Å²) in [6, 6.07) is -0.169. The number of rotatable bonds is 7. The summed E-state index contributed by atoms with van der Waals surface area (Å²) in [7, 11) is 0. The van der Waals surface area contributed by atoms with Crippen molar-refractivity contribution in [3.05, 3.63) is 17.0 Å². The molecule has 1 aromatic rings. The third-order valence-corrected chi connectivity index (χ3v) is 3.85. The van der Waals surface area contributed by atoms with Gasteiger partial charge in [0.1, 0.15) is 5.76 Å². The lowest BCUT2D eigenvalue weighted by molar-refractivity contribution is -0.126. The number of hydrogen-bond donors (Lipinski definition) is 2. The van der Waals surface area contributed by atoms with E-state index in [0.717, 1.165) is 23.4 Å². The van der Waals surface area contributed by atoms with E-state index in [0.29, 0.717) is 26.1 Å². The van der Waals surface area contributed by atoms with E-state index in [1.807, 2.05) is 13.8 Å². The lowest BCUT2D eigenvalue weighted by Gasteiger charge is -2.32. The summed E-state index contributed by atoms with van der Waals surface area (Å²) in [5.41, 5.74) is 1.82. The topological polar surface area (TPSA) is 93.8 Å². The number of carbonyl (C=O) groups excluding carboxylic acids is 1. The number of ether oxygens (including phenoxy) is 2. The Hall–Kier alpha value is -1.44. The maximum absolute atomic E-state index is 12.1. The second kappa shape index (κ2) is 8.26. The van der Waals surface area contributed by atoms with Crippen molar-refractivity contribution >= 4 is 5.91 Å². The summed E-state index contributed by atoms with van der Waals surface area (Å²) in [5.74, 6) is 0.712. The third kappa shape index (κ3) is 4.53. The van der Waals surface area contributed by atoms with Crippen LogP contribution in [0.3, 0.4) is 0 Å². The lowest BCUT2D eigenvalue weighted by atomic mass is 10.0. The van der Waals surface area contributed by atoms with Crippen molar-refractivity contribution in [2.75, 3.05) is 26.4 Å². The van der Waals surface area contributed by atoms with Crippen LogP contribution in [0.4, 0.5) is 0 Å². The van der Waals surface area contributed by atoms with Crippen molar-refractivity contribution in [3.8, 4) is 0 Å². The zero-order valence-electron chi connectivity index (χ0n) is 13.1. The predicted octanol–water partition coefficient (Wildman–Crippen LogP) is 0.507. The maximum atomic E-state index is 12.1. The largest absolute Gasteiger partial charge is 0.394 e. The van der Waals surface area contributed by atoms with Crippen LogP contribution >= 0.6 is 0 Å². The number of aliphatic hydroxyl groups excluding tert-OH is 1. The monoisotopic (exact) mass is 312 g/mol. The van der Waals surface area contributed by atoms with Gasteiger partial charge in [-0.05, 0) is 26.7 Å². The van der Waals surface area contributed by atoms with Crippen LogP contribution in [0.15, 0.2) is 4.52 Å². The minimum absolute atomic E-state index is 0.0237. The number of aryl methyl sites for hydroxylation is 2. The Morgan fingerprint density at radius 2 is 2.32 bits per heavy atom. The first-order valence-electron chi connectivity index (χ1n) is 7.63. The average Bonchev–Trinajstić information content (AvgIpc) is 2.83. The Bertz CT molecular complexity index is 469. The van der Waals surface area contributed by atoms with Crippen LogP contribution in [0, 0.1) is 13.8 Å². The van der Waals surface area contributed by atoms with Crippen LogP contribution in [0.5, 0.6) is 0 Å². The van der Waals surface area contributed by atoms with Gasteiger partial charge in [-0.3, -0.25) is 4.79 Å². The summed E-state index contributed by atoms with van der Waals surface area (Å²) in [5, 5.41) is 15.7. The number of nitrogens with one attached hydrogen (secondary N) is 1. The van der Waals surface area contributed by atoms with Crippen LogP contribution in [0.1, 0.15) is 29.9 Å². The van der Waals surface area contributed by atoms with Gasteiger partial charge >= 0.3 is 0 Å². The highest BCUT2D eigenvalue weighted by atomic mass is 16.5. The van der Waals surface area contributed by atoms with Crippen LogP contribution in [0.2, 0.25) is 0 Å². The first kappa shape index (κ1) is 16.9. The highest BCUT2D eigenvalue weighted by molar-refractivity contribution is 5.76. The first-order valence-corrected chi connectivity index (χ1v) is 7.63. The molecule has 0 bridgehead atoms. The molecule has 0 unspecified atom stereocenters. The van der Waals surface area contributed by atoms with Crippen molar-refractivity contribution in [3.63, 3.8) is 0 Å². The summed E-state index contributed by atoms with van der Waals surface area (Å²) in [4.78, 5) is 12.1. The SMILES string of the molecule is Cc1noc(C)c1CCC(=O)N[C@@H]1COCC[C@@H]1OCCO. The molecule has 22 heavy (non-hydrogen) atoms. The quantitative estimate of drug-likeness (QED) is 0.762. The Kier molecular flexibility index (Phi) is 6.35. The molecule has 2 atom stereocenters. The summed E-state index contributed by atoms with van der Waals surface area (Å²) < 4.78 is 16.1. The number of amides is 1. The zero-order valence-corrected chi connectivity index (χ0v) is 13.1. The van der Waals surface area contributed by atoms with Gasteiger partial charge in [0.05, 0.1) is 37.7 Å². The second-order valence-electron chi connectivity index (χ2n) is 5.47. The zero-order chi connectivity index (χ0) is 15.9. The Morgan fingerprint density at radius 1 is 1.50 bits per heavy atom. The normalized spacial score (nSPS) is 21.8. The molecule has 1 aliphatic rings. The van der Waals surface area contributed by atoms with Crippen LogP contribution in [0.25, 0.3) is 0 Å². The fourth-order valence-corrected chi connectivity index (χ4v) is 2.63. The van der Waals surface area contributed by atoms with Crippen LogP contribution in [-0.4, -0.2) is 54.7 Å². The molecule has 124 valence electrons. The van der Waals surface area contributed by atoms with Gasteiger partial charge in [0.2, 0.25) is 5.91 Å². The maximum Gasteiger partial charge on any atom is 0.220 e. The van der Waals surface area contributed by atoms with Gasteiger partial charge in [-0.1, -0.05) is 5.16 Å². The van der Waals surface area contributed by atoms with E-state index in [2.05, 4.69) is 10.5 Å². The highest BCUT2D eigenvalue weighted by Crippen LogP contribution is 2.15. The van der Waals surface area contributed by atoms with Gasteiger partial charge in [-0.15, -0.1) is 0 Å². The van der Waals surface area contributed by atoms with Gasteiger partial charge < -0.3 is 24.4 Å². The molecule has 0 spiro atoms. The predicted molar refractivity (Wildman–Crippen MR) is 78.5 cm³/mol. The highest BCUT2D eigenvalue weighted by Gasteiger charge is 2.27. The fraction of sp³-hybridized carbons (Fsp3) is 0.733. The molecule has 2 rings (SSSR count). The molecule has 1 amide bonds. The lowest BCUT2D eigenvalue weighted by Crippen LogP contribution is -2.50. The van der Waals surface area contributed by atoms with Crippen molar-refractivity contribution in [1.82, 2.24) is 10.5 Å². The molecule has 1 aliphatic heterocycles. The smallest absolute Gasteiger partial charge is 0.220 e. The molecule has 0 radical (unpaired) electrons. The molecule has 2 N–H and O–H groups in total. The average molecular weight is 312 g/mol. The van der Waals surface area contributed by atoms with Gasteiger partial charge in [-0.2, -0.15) is 0 Å².